The van der Waals surface area contributed by atoms with Crippen molar-refractivity contribution in [2.45, 2.75) is 12.8 Å². The Labute approximate surface area is 125 Å². The first-order valence-corrected chi connectivity index (χ1v) is 6.92. The van der Waals surface area contributed by atoms with Crippen LogP contribution in [-0.2, 0) is 12.8 Å². The largest absolute Gasteiger partial charge is 0.375 e. The van der Waals surface area contributed by atoms with Gasteiger partial charge in [0.1, 0.15) is 0 Å². The van der Waals surface area contributed by atoms with E-state index in [9.17, 15) is 14.9 Å². The molecule has 8 nitrogen and oxygen atoms in total. The molecule has 0 bridgehead atoms. The molecule has 0 amide bonds. The van der Waals surface area contributed by atoms with Gasteiger partial charge in [-0.15, -0.1) is 0 Å². The molecule has 3 rings (SSSR count). The minimum absolute atomic E-state index is 0.0408. The van der Waals surface area contributed by atoms with Crippen LogP contribution in [0.3, 0.4) is 0 Å². The summed E-state index contributed by atoms with van der Waals surface area (Å²) in [6.07, 6.45) is 1.48. The van der Waals surface area contributed by atoms with Gasteiger partial charge < -0.3 is 10.6 Å². The zero-order valence-corrected chi connectivity index (χ0v) is 11.8. The van der Waals surface area contributed by atoms with E-state index in [-0.39, 0.29) is 11.8 Å². The summed E-state index contributed by atoms with van der Waals surface area (Å²) in [6.45, 7) is 1.10. The fraction of sp³-hybridized carbons (Fsp3) is 0.286. The van der Waals surface area contributed by atoms with Crippen LogP contribution in [-0.4, -0.2) is 28.0 Å². The first kappa shape index (κ1) is 14.1. The third-order valence-corrected chi connectivity index (χ3v) is 3.80. The monoisotopic (exact) mass is 301 g/mol. The van der Waals surface area contributed by atoms with Gasteiger partial charge in [-0.25, -0.2) is 0 Å². The number of hydrogen-bond donors (Lipinski definition) is 2. The number of nitrogens with one attached hydrogen (secondary N) is 1. The third-order valence-electron chi connectivity index (χ3n) is 3.80. The molecule has 0 saturated carbocycles. The Morgan fingerprint density at radius 1 is 1.23 bits per heavy atom. The normalized spacial score (nSPS) is 14.3. The first-order valence-electron chi connectivity index (χ1n) is 6.92. The highest BCUT2D eigenvalue weighted by atomic mass is 16.6. The summed E-state index contributed by atoms with van der Waals surface area (Å²) in [5.41, 5.74) is 6.59. The number of rotatable bonds is 2. The van der Waals surface area contributed by atoms with Crippen molar-refractivity contribution in [3.8, 4) is 0 Å². The molecule has 1 aliphatic heterocycles. The average molecular weight is 301 g/mol. The number of nitro groups is 1. The number of nitrogens with zero attached hydrogens (tertiary/aromatic N) is 3. The highest BCUT2D eigenvalue weighted by Gasteiger charge is 2.27. The van der Waals surface area contributed by atoms with Crippen LogP contribution in [0.25, 0.3) is 0 Å². The van der Waals surface area contributed by atoms with Gasteiger partial charge in [0.2, 0.25) is 11.8 Å². The van der Waals surface area contributed by atoms with E-state index in [1.807, 2.05) is 24.3 Å². The van der Waals surface area contributed by atoms with Crippen molar-refractivity contribution in [2.24, 2.45) is 0 Å². The van der Waals surface area contributed by atoms with Gasteiger partial charge in [0.05, 0.1) is 4.92 Å². The Balaban J connectivity index is 1.99. The Kier molecular flexibility index (Phi) is 3.50. The van der Waals surface area contributed by atoms with Crippen LogP contribution in [0.4, 0.5) is 17.5 Å². The number of benzene rings is 1. The molecule has 0 unspecified atom stereocenters. The second kappa shape index (κ2) is 5.47. The number of aromatic amines is 1. The summed E-state index contributed by atoms with van der Waals surface area (Å²) in [5.74, 6) is -0.0774. The van der Waals surface area contributed by atoms with Crippen LogP contribution in [0.15, 0.2) is 29.1 Å². The zero-order valence-electron chi connectivity index (χ0n) is 11.8. The summed E-state index contributed by atoms with van der Waals surface area (Å²) >= 11 is 0. The Morgan fingerprint density at radius 2 is 1.82 bits per heavy atom. The minimum atomic E-state index is -0.825. The van der Waals surface area contributed by atoms with Crippen LogP contribution >= 0.6 is 0 Å². The third kappa shape index (κ3) is 2.50. The number of hydrogen-bond acceptors (Lipinski definition) is 6. The maximum atomic E-state index is 11.8. The van der Waals surface area contributed by atoms with Crippen LogP contribution < -0.4 is 16.2 Å². The molecule has 2 aromatic rings. The smallest absolute Gasteiger partial charge is 0.369 e. The maximum absolute atomic E-state index is 11.8. The lowest BCUT2D eigenvalue weighted by atomic mass is 10.0. The number of aromatic nitrogens is 2. The van der Waals surface area contributed by atoms with Gasteiger partial charge in [-0.1, -0.05) is 24.3 Å². The van der Waals surface area contributed by atoms with Crippen molar-refractivity contribution in [3.05, 3.63) is 55.9 Å². The Morgan fingerprint density at radius 3 is 2.36 bits per heavy atom. The van der Waals surface area contributed by atoms with Gasteiger partial charge >= 0.3 is 11.2 Å². The molecular formula is C14H15N5O3. The molecule has 0 fully saturated rings. The molecule has 0 aliphatic carbocycles. The molecule has 114 valence electrons. The summed E-state index contributed by atoms with van der Waals surface area (Å²) in [5, 5.41) is 11.2. The van der Waals surface area contributed by atoms with Gasteiger partial charge in [-0.2, -0.15) is 4.98 Å². The van der Waals surface area contributed by atoms with E-state index < -0.39 is 16.2 Å². The van der Waals surface area contributed by atoms with Gasteiger partial charge in [0, 0.05) is 13.1 Å². The van der Waals surface area contributed by atoms with Crippen molar-refractivity contribution in [1.29, 1.82) is 0 Å². The van der Waals surface area contributed by atoms with Gasteiger partial charge in [0.25, 0.3) is 0 Å². The highest BCUT2D eigenvalue weighted by Crippen LogP contribution is 2.25. The van der Waals surface area contributed by atoms with Crippen molar-refractivity contribution >= 4 is 17.5 Å². The first-order chi connectivity index (χ1) is 10.6. The fourth-order valence-corrected chi connectivity index (χ4v) is 2.74. The molecule has 0 radical (unpaired) electrons. The molecule has 1 aromatic heterocycles. The molecule has 0 saturated heterocycles. The molecule has 8 heteroatoms. The van der Waals surface area contributed by atoms with Crippen LogP contribution in [0, 0.1) is 10.1 Å². The van der Waals surface area contributed by atoms with Crippen LogP contribution in [0.5, 0.6) is 0 Å². The Bertz CT molecular complexity index is 759. The van der Waals surface area contributed by atoms with E-state index in [2.05, 4.69) is 9.97 Å². The molecular weight excluding hydrogens is 286 g/mol. The Hall–Kier alpha value is -2.90. The minimum Gasteiger partial charge on any atom is -0.369 e. The second-order valence-corrected chi connectivity index (χ2v) is 5.14. The van der Waals surface area contributed by atoms with E-state index >= 15 is 0 Å². The number of H-pyrrole nitrogens is 1. The molecule has 1 aliphatic rings. The van der Waals surface area contributed by atoms with Crippen molar-refractivity contribution in [2.75, 3.05) is 23.7 Å². The van der Waals surface area contributed by atoms with E-state index in [4.69, 9.17) is 5.73 Å². The van der Waals surface area contributed by atoms with E-state index in [1.165, 1.54) is 11.1 Å². The van der Waals surface area contributed by atoms with Gasteiger partial charge in [0.15, 0.2) is 0 Å². The topological polar surface area (TPSA) is 118 Å². The molecule has 2 heterocycles. The second-order valence-electron chi connectivity index (χ2n) is 5.14. The van der Waals surface area contributed by atoms with Gasteiger partial charge in [-0.3, -0.25) is 19.9 Å². The number of fused-ring (bicyclic) bond motifs is 1. The number of nitrogen functional groups attached to an aromatic ring is 1. The lowest BCUT2D eigenvalue weighted by molar-refractivity contribution is -0.385. The van der Waals surface area contributed by atoms with Crippen LogP contribution in [0.1, 0.15) is 11.1 Å². The number of anilines is 2. The van der Waals surface area contributed by atoms with E-state index in [0.717, 1.165) is 12.8 Å². The SMILES string of the molecule is Nc1nc(N2CCc3ccccc3CC2)c([N+](=O)[O-])c(=O)[nH]1. The van der Waals surface area contributed by atoms with Crippen LogP contribution in [0.2, 0.25) is 0 Å². The molecule has 3 N–H and O–H groups in total. The summed E-state index contributed by atoms with van der Waals surface area (Å²) in [7, 11) is 0. The fourth-order valence-electron chi connectivity index (χ4n) is 2.74. The maximum Gasteiger partial charge on any atom is 0.375 e. The summed E-state index contributed by atoms with van der Waals surface area (Å²) in [6, 6.07) is 8.04. The standard InChI is InChI=1S/C14H15N5O3/c15-14-16-12(11(19(21)22)13(20)17-14)18-7-5-9-3-1-2-4-10(9)6-8-18/h1-4H,5-8H2,(H3,15,16,17,20). The van der Waals surface area contributed by atoms with E-state index in [1.54, 1.807) is 4.90 Å². The molecule has 0 atom stereocenters. The quantitative estimate of drug-likeness (QED) is 0.627. The predicted molar refractivity (Wildman–Crippen MR) is 82.0 cm³/mol. The van der Waals surface area contributed by atoms with Crippen molar-refractivity contribution in [3.63, 3.8) is 0 Å². The van der Waals surface area contributed by atoms with E-state index in [0.29, 0.717) is 13.1 Å². The zero-order chi connectivity index (χ0) is 15.7. The van der Waals surface area contributed by atoms with Crippen molar-refractivity contribution < 1.29 is 4.92 Å². The van der Waals surface area contributed by atoms with Gasteiger partial charge in [-0.05, 0) is 24.0 Å². The summed E-state index contributed by atoms with van der Waals surface area (Å²) in [4.78, 5) is 30.2. The molecule has 1 aromatic carbocycles. The average Bonchev–Trinajstić information content (AvgIpc) is 2.68. The number of nitrogens with two attached hydrogens (primary N) is 1. The molecule has 22 heavy (non-hydrogen) atoms. The lowest BCUT2D eigenvalue weighted by Crippen LogP contribution is -2.30. The van der Waals surface area contributed by atoms with Crippen molar-refractivity contribution in [1.82, 2.24) is 9.97 Å². The molecule has 0 spiro atoms. The predicted octanol–water partition coefficient (Wildman–Crippen LogP) is 0.865. The lowest BCUT2D eigenvalue weighted by Gasteiger charge is -2.20. The highest BCUT2D eigenvalue weighted by molar-refractivity contribution is 5.59. The summed E-state index contributed by atoms with van der Waals surface area (Å²) < 4.78 is 0.